The van der Waals surface area contributed by atoms with Crippen molar-refractivity contribution in [2.75, 3.05) is 13.1 Å². The lowest BCUT2D eigenvalue weighted by atomic mass is 9.95. The zero-order valence-electron chi connectivity index (χ0n) is 22.1. The number of hydrogen-bond acceptors (Lipinski definition) is 6. The predicted octanol–water partition coefficient (Wildman–Crippen LogP) is 2.77. The number of hydrogen-bond donors (Lipinski definition) is 3. The maximum absolute atomic E-state index is 13.7. The quantitative estimate of drug-likeness (QED) is 0.295. The first-order chi connectivity index (χ1) is 16.8. The lowest BCUT2D eigenvalue weighted by Crippen LogP contribution is -2.54. The molecule has 1 aromatic rings. The Labute approximate surface area is 213 Å². The minimum absolute atomic E-state index is 0.406. The fourth-order valence-corrected chi connectivity index (χ4v) is 3.63. The number of amides is 4. The van der Waals surface area contributed by atoms with E-state index in [1.165, 1.54) is 0 Å². The molecule has 198 valence electrons. The van der Waals surface area contributed by atoms with Crippen LogP contribution in [0.3, 0.4) is 0 Å². The van der Waals surface area contributed by atoms with Gasteiger partial charge in [-0.3, -0.25) is 14.4 Å². The van der Waals surface area contributed by atoms with Gasteiger partial charge in [-0.1, -0.05) is 38.0 Å². The van der Waals surface area contributed by atoms with E-state index in [2.05, 4.69) is 10.6 Å². The molecule has 0 aliphatic heterocycles. The van der Waals surface area contributed by atoms with Crippen molar-refractivity contribution >= 4 is 23.8 Å². The van der Waals surface area contributed by atoms with Crippen molar-refractivity contribution in [3.8, 4) is 6.07 Å². The number of benzene rings is 1. The van der Waals surface area contributed by atoms with Crippen LogP contribution >= 0.6 is 0 Å². The fraction of sp³-hybridized carbons (Fsp3) is 0.577. The van der Waals surface area contributed by atoms with E-state index in [9.17, 15) is 24.4 Å². The van der Waals surface area contributed by atoms with Gasteiger partial charge in [0.05, 0.1) is 12.5 Å². The summed E-state index contributed by atoms with van der Waals surface area (Å²) in [5.74, 6) is -2.09. The number of carbonyl (C=O) groups is 4. The van der Waals surface area contributed by atoms with E-state index in [0.717, 1.165) is 35.3 Å². The van der Waals surface area contributed by atoms with Crippen molar-refractivity contribution in [2.45, 2.75) is 84.9 Å². The summed E-state index contributed by atoms with van der Waals surface area (Å²) < 4.78 is 5.23. The number of aryl methyl sites for hydroxylation is 1. The Morgan fingerprint density at radius 1 is 1.17 bits per heavy atom. The molecule has 4 amide bonds. The molecule has 0 saturated heterocycles. The Hall–Kier alpha value is -3.61. The summed E-state index contributed by atoms with van der Waals surface area (Å²) in [6, 6.07) is 4.72. The van der Waals surface area contributed by atoms with E-state index in [4.69, 9.17) is 10.5 Å². The van der Waals surface area contributed by atoms with Gasteiger partial charge < -0.3 is 26.0 Å². The maximum Gasteiger partial charge on any atom is 0.408 e. The van der Waals surface area contributed by atoms with Crippen LogP contribution in [-0.4, -0.2) is 53.4 Å². The number of rotatable bonds is 12. The van der Waals surface area contributed by atoms with Gasteiger partial charge in [0.15, 0.2) is 0 Å². The number of unbranched alkanes of at least 4 members (excludes halogenated alkanes) is 2. The molecule has 0 fully saturated rings. The number of alkyl carbamates (subject to hydrolysis) is 1. The van der Waals surface area contributed by atoms with Crippen molar-refractivity contribution in [3.63, 3.8) is 0 Å². The highest BCUT2D eigenvalue weighted by molar-refractivity contribution is 5.94. The zero-order valence-corrected chi connectivity index (χ0v) is 22.1. The molecule has 0 bridgehead atoms. The van der Waals surface area contributed by atoms with E-state index in [0.29, 0.717) is 12.1 Å². The summed E-state index contributed by atoms with van der Waals surface area (Å²) in [6.45, 7) is 10.7. The summed E-state index contributed by atoms with van der Waals surface area (Å²) in [5, 5.41) is 14.8. The third-order valence-electron chi connectivity index (χ3n) is 5.50. The largest absolute Gasteiger partial charge is 0.444 e. The van der Waals surface area contributed by atoms with Crippen molar-refractivity contribution in [1.29, 1.82) is 5.26 Å². The van der Waals surface area contributed by atoms with Gasteiger partial charge >= 0.3 is 6.09 Å². The molecule has 1 aromatic carbocycles. The van der Waals surface area contributed by atoms with E-state index in [1.807, 2.05) is 32.9 Å². The second-order valence-corrected chi connectivity index (χ2v) is 9.68. The van der Waals surface area contributed by atoms with Crippen LogP contribution in [0.15, 0.2) is 18.2 Å². The number of nitrogens with two attached hydrogens (primary N) is 1. The van der Waals surface area contributed by atoms with Crippen LogP contribution in [0, 0.1) is 25.2 Å². The van der Waals surface area contributed by atoms with Gasteiger partial charge in [-0.25, -0.2) is 4.79 Å². The molecule has 0 aromatic heterocycles. The molecule has 2 atom stereocenters. The minimum Gasteiger partial charge on any atom is -0.444 e. The Morgan fingerprint density at radius 3 is 2.39 bits per heavy atom. The lowest BCUT2D eigenvalue weighted by molar-refractivity contribution is -0.142. The molecule has 0 aliphatic rings. The molecule has 0 saturated carbocycles. The number of carbonyl (C=O) groups excluding carboxylic acids is 4. The highest BCUT2D eigenvalue weighted by atomic mass is 16.6. The van der Waals surface area contributed by atoms with Crippen molar-refractivity contribution in [3.05, 3.63) is 34.9 Å². The second kappa shape index (κ2) is 14.1. The molecular weight excluding hydrogens is 462 g/mol. The van der Waals surface area contributed by atoms with Gasteiger partial charge in [0.1, 0.15) is 24.2 Å². The zero-order chi connectivity index (χ0) is 27.5. The van der Waals surface area contributed by atoms with Gasteiger partial charge in [-0.15, -0.1) is 0 Å². The summed E-state index contributed by atoms with van der Waals surface area (Å²) >= 11 is 0. The molecule has 0 spiro atoms. The third kappa shape index (κ3) is 9.56. The van der Waals surface area contributed by atoms with Gasteiger partial charge in [-0.05, 0) is 57.7 Å². The summed E-state index contributed by atoms with van der Waals surface area (Å²) in [5.41, 5.74) is 6.73. The molecule has 0 heterocycles. The molecule has 0 radical (unpaired) electrons. The van der Waals surface area contributed by atoms with E-state index < -0.39 is 54.5 Å². The molecule has 1 rings (SSSR count). The molecule has 36 heavy (non-hydrogen) atoms. The summed E-state index contributed by atoms with van der Waals surface area (Å²) in [6.07, 6.45) is 1.21. The maximum atomic E-state index is 13.7. The van der Waals surface area contributed by atoms with Crippen molar-refractivity contribution in [1.82, 2.24) is 15.5 Å². The average Bonchev–Trinajstić information content (AvgIpc) is 2.76. The minimum atomic E-state index is -1.42. The highest BCUT2D eigenvalue weighted by Crippen LogP contribution is 2.27. The normalized spacial score (nSPS) is 12.6. The highest BCUT2D eigenvalue weighted by Gasteiger charge is 2.37. The Kier molecular flexibility index (Phi) is 11.9. The van der Waals surface area contributed by atoms with E-state index >= 15 is 0 Å². The first-order valence-corrected chi connectivity index (χ1v) is 12.1. The molecule has 2 unspecified atom stereocenters. The number of primary amides is 1. The first kappa shape index (κ1) is 30.4. The first-order valence-electron chi connectivity index (χ1n) is 12.1. The van der Waals surface area contributed by atoms with E-state index in [1.54, 1.807) is 32.9 Å². The van der Waals surface area contributed by atoms with Gasteiger partial charge in [0, 0.05) is 6.54 Å². The van der Waals surface area contributed by atoms with Crippen LogP contribution in [0.4, 0.5) is 4.79 Å². The smallest absolute Gasteiger partial charge is 0.408 e. The lowest BCUT2D eigenvalue weighted by Gasteiger charge is -2.33. The number of ether oxygens (including phenoxy) is 1. The van der Waals surface area contributed by atoms with Crippen LogP contribution in [-0.2, 0) is 19.1 Å². The predicted molar refractivity (Wildman–Crippen MR) is 135 cm³/mol. The second-order valence-electron chi connectivity index (χ2n) is 9.68. The topological polar surface area (TPSA) is 155 Å². The molecular formula is C26H39N5O5. The van der Waals surface area contributed by atoms with Crippen molar-refractivity contribution in [2.24, 2.45) is 5.73 Å². The monoisotopic (exact) mass is 501 g/mol. The van der Waals surface area contributed by atoms with Crippen LogP contribution < -0.4 is 16.4 Å². The molecule has 4 N–H and O–H groups in total. The molecule has 10 heteroatoms. The Balaban J connectivity index is 3.46. The summed E-state index contributed by atoms with van der Waals surface area (Å²) in [4.78, 5) is 52.3. The third-order valence-corrected chi connectivity index (χ3v) is 5.50. The van der Waals surface area contributed by atoms with Crippen LogP contribution in [0.1, 0.15) is 76.1 Å². The van der Waals surface area contributed by atoms with Crippen LogP contribution in [0.25, 0.3) is 0 Å². The molecule has 10 nitrogen and oxygen atoms in total. The van der Waals surface area contributed by atoms with Gasteiger partial charge in [-0.2, -0.15) is 5.26 Å². The summed E-state index contributed by atoms with van der Waals surface area (Å²) in [7, 11) is 0. The number of nitriles is 1. The van der Waals surface area contributed by atoms with Crippen LogP contribution in [0.2, 0.25) is 0 Å². The molecule has 0 aliphatic carbocycles. The SMILES string of the molecule is CCCCCNC(=O)C(c1cccc(C)c1C)N(CC#N)C(=O)C(CC(N)=O)NC(=O)OC(C)(C)C. The standard InChI is InChI=1S/C26H39N5O5/c1-7-8-9-14-29-23(33)22(19-12-10-11-17(2)18(19)3)31(15-13-27)24(34)20(16-21(28)32)30-25(35)36-26(4,5)6/h10-12,20,22H,7-9,14-16H2,1-6H3,(H2,28,32)(H,29,33)(H,30,35). The average molecular weight is 502 g/mol. The van der Waals surface area contributed by atoms with E-state index in [-0.39, 0.29) is 0 Å². The number of nitrogens with one attached hydrogen (secondary N) is 2. The van der Waals surface area contributed by atoms with Crippen molar-refractivity contribution < 1.29 is 23.9 Å². The Bertz CT molecular complexity index is 980. The van der Waals surface area contributed by atoms with Crippen LogP contribution in [0.5, 0.6) is 0 Å². The Morgan fingerprint density at radius 2 is 1.83 bits per heavy atom. The number of nitrogens with zero attached hydrogens (tertiary/aromatic N) is 2. The van der Waals surface area contributed by atoms with Gasteiger partial charge in [0.25, 0.3) is 0 Å². The van der Waals surface area contributed by atoms with Gasteiger partial charge in [0.2, 0.25) is 17.7 Å². The fourth-order valence-electron chi connectivity index (χ4n) is 3.63.